The monoisotopic (exact) mass is 340 g/mol. The van der Waals surface area contributed by atoms with Crippen molar-refractivity contribution in [3.63, 3.8) is 0 Å². The molecule has 0 aliphatic carbocycles. The molecule has 0 amide bonds. The highest BCUT2D eigenvalue weighted by molar-refractivity contribution is 6.76. The number of carbonyl (C=O) groups excluding carboxylic acids is 2. The van der Waals surface area contributed by atoms with Gasteiger partial charge in [-0.15, -0.1) is 0 Å². The van der Waals surface area contributed by atoms with Crippen LogP contribution in [-0.4, -0.2) is 38.1 Å². The summed E-state index contributed by atoms with van der Waals surface area (Å²) in [4.78, 5) is 22.6. The predicted octanol–water partition coefficient (Wildman–Crippen LogP) is 3.88. The van der Waals surface area contributed by atoms with Crippen LogP contribution in [0.25, 0.3) is 0 Å². The average Bonchev–Trinajstić information content (AvgIpc) is 2.45. The molecule has 0 radical (unpaired) electrons. The molecule has 0 rings (SSSR count). The smallest absolute Gasteiger partial charge is 0.330 e. The van der Waals surface area contributed by atoms with Crippen molar-refractivity contribution in [1.29, 1.82) is 0 Å². The summed E-state index contributed by atoms with van der Waals surface area (Å²) >= 11 is 0. The van der Waals surface area contributed by atoms with Crippen LogP contribution in [-0.2, 0) is 14.3 Å². The molecule has 0 bridgehead atoms. The van der Waals surface area contributed by atoms with Crippen LogP contribution in [0.1, 0.15) is 38.5 Å². The molecule has 132 valence electrons. The van der Waals surface area contributed by atoms with Crippen LogP contribution in [0.3, 0.4) is 0 Å². The van der Waals surface area contributed by atoms with Gasteiger partial charge in [0.2, 0.25) is 0 Å². The van der Waals surface area contributed by atoms with Gasteiger partial charge in [0.25, 0.3) is 0 Å². The lowest BCUT2D eigenvalue weighted by molar-refractivity contribution is -0.134. The van der Waals surface area contributed by atoms with E-state index in [1.165, 1.54) is 13.2 Å². The van der Waals surface area contributed by atoms with Gasteiger partial charge in [0.1, 0.15) is 5.78 Å². The molecule has 0 aromatic carbocycles. The Hall–Kier alpha value is -1.20. The molecule has 4 nitrogen and oxygen atoms in total. The molecule has 23 heavy (non-hydrogen) atoms. The summed E-state index contributed by atoms with van der Waals surface area (Å²) in [6.07, 6.45) is 10.4. The zero-order valence-electron chi connectivity index (χ0n) is 15.0. The van der Waals surface area contributed by atoms with Gasteiger partial charge in [-0.3, -0.25) is 4.79 Å². The Morgan fingerprint density at radius 3 is 2.39 bits per heavy atom. The molecule has 1 atom stereocenters. The van der Waals surface area contributed by atoms with Crippen LogP contribution in [0.4, 0.5) is 0 Å². The van der Waals surface area contributed by atoms with E-state index in [1.807, 2.05) is 6.08 Å². The first-order valence-corrected chi connectivity index (χ1v) is 12.1. The number of rotatable bonds is 12. The normalized spacial score (nSPS) is 13.6. The van der Waals surface area contributed by atoms with E-state index in [0.717, 1.165) is 18.9 Å². The summed E-state index contributed by atoms with van der Waals surface area (Å²) in [7, 11) is 0.247. The van der Waals surface area contributed by atoms with E-state index in [0.29, 0.717) is 25.7 Å². The standard InChI is InChI=1S/C18H32O4Si/c1-22-18(21)14-7-5-6-10-16(19)11-8-12-17(20)13-9-15-23(2,3)4/h7,9,13-14,17,20H,5-6,8,10-12,15H2,1-4H3/b13-9+,14-7+. The fourth-order valence-corrected chi connectivity index (χ4v) is 2.82. The molecule has 0 aromatic rings. The molecule has 0 saturated carbocycles. The van der Waals surface area contributed by atoms with Crippen LogP contribution in [0.5, 0.6) is 0 Å². The summed E-state index contributed by atoms with van der Waals surface area (Å²) < 4.78 is 4.48. The molecule has 0 heterocycles. The molecule has 5 heteroatoms. The highest BCUT2D eigenvalue weighted by Gasteiger charge is 2.10. The van der Waals surface area contributed by atoms with Crippen molar-refractivity contribution < 1.29 is 19.4 Å². The number of hydrogen-bond donors (Lipinski definition) is 1. The van der Waals surface area contributed by atoms with Crippen LogP contribution in [0, 0.1) is 0 Å². The number of methoxy groups -OCH3 is 1. The van der Waals surface area contributed by atoms with Crippen LogP contribution in [0.2, 0.25) is 25.7 Å². The largest absolute Gasteiger partial charge is 0.466 e. The van der Waals surface area contributed by atoms with Crippen LogP contribution >= 0.6 is 0 Å². The number of allylic oxidation sites excluding steroid dienone is 2. The molecule has 1 unspecified atom stereocenters. The van der Waals surface area contributed by atoms with Gasteiger partial charge in [0.05, 0.1) is 13.2 Å². The lowest BCUT2D eigenvalue weighted by Gasteiger charge is -2.12. The summed E-state index contributed by atoms with van der Waals surface area (Å²) in [5.41, 5.74) is 0. The minimum absolute atomic E-state index is 0.217. The van der Waals surface area contributed by atoms with E-state index in [1.54, 1.807) is 6.08 Å². The van der Waals surface area contributed by atoms with Crippen molar-refractivity contribution in [3.05, 3.63) is 24.3 Å². The second-order valence-electron chi connectivity index (χ2n) is 7.01. The predicted molar refractivity (Wildman–Crippen MR) is 97.2 cm³/mol. The van der Waals surface area contributed by atoms with E-state index in [2.05, 4.69) is 30.5 Å². The number of ketones is 1. The number of unbranched alkanes of at least 4 members (excludes halogenated alkanes) is 1. The zero-order chi connectivity index (χ0) is 17.7. The maximum atomic E-state index is 11.7. The molecule has 0 saturated heterocycles. The maximum absolute atomic E-state index is 11.7. The SMILES string of the molecule is COC(=O)/C=C/CCCC(=O)CCCC(O)/C=C/C[Si](C)(C)C. The van der Waals surface area contributed by atoms with Crippen molar-refractivity contribution in [2.45, 2.75) is 70.3 Å². The molecule has 0 aliphatic heterocycles. The Kier molecular flexibility index (Phi) is 11.6. The van der Waals surface area contributed by atoms with Crippen molar-refractivity contribution in [2.75, 3.05) is 7.11 Å². The fraction of sp³-hybridized carbons (Fsp3) is 0.667. The van der Waals surface area contributed by atoms with E-state index in [4.69, 9.17) is 0 Å². The molecule has 0 aromatic heterocycles. The Morgan fingerprint density at radius 2 is 1.78 bits per heavy atom. The fourth-order valence-electron chi connectivity index (χ4n) is 1.97. The van der Waals surface area contributed by atoms with Crippen LogP contribution < -0.4 is 0 Å². The molecule has 0 spiro atoms. The second-order valence-corrected chi connectivity index (χ2v) is 12.5. The van der Waals surface area contributed by atoms with E-state index < -0.39 is 14.2 Å². The third kappa shape index (κ3) is 15.5. The first kappa shape index (κ1) is 21.8. The van der Waals surface area contributed by atoms with Crippen molar-refractivity contribution in [3.8, 4) is 0 Å². The van der Waals surface area contributed by atoms with Gasteiger partial charge in [0, 0.05) is 27.0 Å². The highest BCUT2D eigenvalue weighted by Crippen LogP contribution is 2.11. The third-order valence-corrected chi connectivity index (χ3v) is 4.79. The van der Waals surface area contributed by atoms with Gasteiger partial charge in [-0.1, -0.05) is 37.9 Å². The lowest BCUT2D eigenvalue weighted by atomic mass is 10.1. The first-order valence-electron chi connectivity index (χ1n) is 8.35. The Labute approximate surface area is 141 Å². The van der Waals surface area contributed by atoms with Crippen molar-refractivity contribution in [1.82, 2.24) is 0 Å². The zero-order valence-corrected chi connectivity index (χ0v) is 16.0. The van der Waals surface area contributed by atoms with Crippen molar-refractivity contribution >= 4 is 19.8 Å². The highest BCUT2D eigenvalue weighted by atomic mass is 28.3. The summed E-state index contributed by atoms with van der Waals surface area (Å²) in [6.45, 7) is 6.88. The average molecular weight is 341 g/mol. The van der Waals surface area contributed by atoms with Gasteiger partial charge in [-0.2, -0.15) is 0 Å². The first-order chi connectivity index (χ1) is 10.7. The molecular weight excluding hydrogens is 308 g/mol. The topological polar surface area (TPSA) is 63.6 Å². The van der Waals surface area contributed by atoms with Crippen molar-refractivity contribution in [2.24, 2.45) is 0 Å². The van der Waals surface area contributed by atoms with Gasteiger partial charge in [0.15, 0.2) is 0 Å². The maximum Gasteiger partial charge on any atom is 0.330 e. The molecular formula is C18H32O4Si. The quantitative estimate of drug-likeness (QED) is 0.192. The van der Waals surface area contributed by atoms with Gasteiger partial charge in [-0.05, 0) is 31.7 Å². The lowest BCUT2D eigenvalue weighted by Crippen LogP contribution is -2.17. The molecule has 0 aliphatic rings. The van der Waals surface area contributed by atoms with Crippen LogP contribution in [0.15, 0.2) is 24.3 Å². The summed E-state index contributed by atoms with van der Waals surface area (Å²) in [6, 6.07) is 1.07. The number of esters is 1. The Morgan fingerprint density at radius 1 is 1.13 bits per heavy atom. The number of ether oxygens (including phenoxy) is 1. The summed E-state index contributed by atoms with van der Waals surface area (Å²) in [5.74, 6) is -0.151. The minimum Gasteiger partial charge on any atom is -0.466 e. The van der Waals surface area contributed by atoms with E-state index in [9.17, 15) is 14.7 Å². The number of hydrogen-bond acceptors (Lipinski definition) is 4. The van der Waals surface area contributed by atoms with Gasteiger partial charge >= 0.3 is 5.97 Å². The molecule has 1 N–H and O–H groups in total. The number of aliphatic hydroxyl groups excluding tert-OH is 1. The number of Topliss-reactive ketones (excluding diaryl/α,β-unsaturated/α-hetero) is 1. The number of carbonyl (C=O) groups is 2. The number of aliphatic hydroxyl groups is 1. The summed E-state index contributed by atoms with van der Waals surface area (Å²) in [5, 5.41) is 9.84. The Bertz CT molecular complexity index is 408. The second kappa shape index (κ2) is 12.2. The van der Waals surface area contributed by atoms with E-state index >= 15 is 0 Å². The van der Waals surface area contributed by atoms with Gasteiger partial charge < -0.3 is 9.84 Å². The van der Waals surface area contributed by atoms with E-state index in [-0.39, 0.29) is 11.8 Å². The third-order valence-electron chi connectivity index (χ3n) is 3.33. The Balaban J connectivity index is 3.70. The van der Waals surface area contributed by atoms with Gasteiger partial charge in [-0.25, -0.2) is 4.79 Å². The minimum atomic E-state index is -1.09. The molecule has 0 fully saturated rings.